The van der Waals surface area contributed by atoms with Crippen LogP contribution in [-0.2, 0) is 21.4 Å². The zero-order valence-electron chi connectivity index (χ0n) is 14.0. The number of nitrogens with two attached hydrogens (primary N) is 1. The van der Waals surface area contributed by atoms with E-state index in [4.69, 9.17) is 15.9 Å². The van der Waals surface area contributed by atoms with Crippen molar-refractivity contribution in [3.63, 3.8) is 0 Å². The van der Waals surface area contributed by atoms with Gasteiger partial charge in [-0.05, 0) is 24.8 Å². The Morgan fingerprint density at radius 1 is 1.25 bits per heavy atom. The van der Waals surface area contributed by atoms with Crippen LogP contribution in [0, 0.1) is 5.41 Å². The second-order valence-electron chi connectivity index (χ2n) is 6.22. The van der Waals surface area contributed by atoms with Crippen molar-refractivity contribution < 1.29 is 13.2 Å². The molecule has 0 aliphatic heterocycles. The van der Waals surface area contributed by atoms with E-state index in [9.17, 15) is 8.42 Å². The summed E-state index contributed by atoms with van der Waals surface area (Å²) in [4.78, 5) is 0. The molecular weight excluding hydrogens is 326 g/mol. The van der Waals surface area contributed by atoms with Crippen LogP contribution in [0.1, 0.15) is 37.7 Å². The Morgan fingerprint density at radius 2 is 1.92 bits per heavy atom. The highest BCUT2D eigenvalue weighted by Gasteiger charge is 2.31. The summed E-state index contributed by atoms with van der Waals surface area (Å²) in [5.41, 5.74) is 6.52. The van der Waals surface area contributed by atoms with Gasteiger partial charge in [0.2, 0.25) is 10.0 Å². The van der Waals surface area contributed by atoms with Gasteiger partial charge in [-0.1, -0.05) is 43.2 Å². The predicted octanol–water partition coefficient (Wildman–Crippen LogP) is 2.10. The first kappa shape index (κ1) is 18.9. The average molecular weight is 353 g/mol. The average Bonchev–Trinajstić information content (AvgIpc) is 3.07. The molecule has 3 N–H and O–H groups in total. The minimum atomic E-state index is -3.41. The van der Waals surface area contributed by atoms with Gasteiger partial charge < -0.3 is 10.5 Å². The normalized spacial score (nSPS) is 15.9. The van der Waals surface area contributed by atoms with Crippen LogP contribution in [0.2, 0.25) is 0 Å². The Kier molecular flexibility index (Phi) is 7.20. The smallest absolute Gasteiger partial charge is 0.214 e. The van der Waals surface area contributed by atoms with Crippen LogP contribution in [-0.4, -0.2) is 43.5 Å². The van der Waals surface area contributed by atoms with Crippen LogP contribution >= 0.6 is 0 Å². The first-order chi connectivity index (χ1) is 11.5. The third-order valence-electron chi connectivity index (χ3n) is 4.22. The SMILES string of the molecule is N=C(N)CN(C1CCCC1)S(=O)(=O)CCCOCc1ccccc1. The van der Waals surface area contributed by atoms with Crippen LogP contribution in [0.4, 0.5) is 0 Å². The van der Waals surface area contributed by atoms with Gasteiger partial charge in [0, 0.05) is 12.6 Å². The first-order valence-electron chi connectivity index (χ1n) is 8.43. The third kappa shape index (κ3) is 5.89. The van der Waals surface area contributed by atoms with Crippen molar-refractivity contribution in [2.24, 2.45) is 5.73 Å². The van der Waals surface area contributed by atoms with Crippen LogP contribution in [0.25, 0.3) is 0 Å². The monoisotopic (exact) mass is 353 g/mol. The molecule has 0 saturated heterocycles. The Bertz CT molecular complexity index is 613. The minimum absolute atomic E-state index is 0.00211. The van der Waals surface area contributed by atoms with Crippen molar-refractivity contribution in [3.8, 4) is 0 Å². The van der Waals surface area contributed by atoms with Gasteiger partial charge in [-0.2, -0.15) is 4.31 Å². The third-order valence-corrected chi connectivity index (χ3v) is 6.16. The summed E-state index contributed by atoms with van der Waals surface area (Å²) < 4.78 is 32.2. The molecule has 6 nitrogen and oxygen atoms in total. The van der Waals surface area contributed by atoms with Crippen molar-refractivity contribution >= 4 is 15.9 Å². The first-order valence-corrected chi connectivity index (χ1v) is 10.0. The predicted molar refractivity (Wildman–Crippen MR) is 95.4 cm³/mol. The van der Waals surface area contributed by atoms with E-state index in [2.05, 4.69) is 0 Å². The van der Waals surface area contributed by atoms with Gasteiger partial charge >= 0.3 is 0 Å². The van der Waals surface area contributed by atoms with Crippen LogP contribution < -0.4 is 5.73 Å². The molecular formula is C17H27N3O3S. The van der Waals surface area contributed by atoms with Crippen LogP contribution in [0.3, 0.4) is 0 Å². The van der Waals surface area contributed by atoms with Crippen molar-refractivity contribution in [3.05, 3.63) is 35.9 Å². The molecule has 0 heterocycles. The fourth-order valence-electron chi connectivity index (χ4n) is 3.04. The lowest BCUT2D eigenvalue weighted by molar-refractivity contribution is 0.121. The largest absolute Gasteiger partial charge is 0.387 e. The van der Waals surface area contributed by atoms with Crippen LogP contribution in [0.5, 0.6) is 0 Å². The number of amidine groups is 1. The van der Waals surface area contributed by atoms with Gasteiger partial charge in [0.1, 0.15) is 5.84 Å². The Hall–Kier alpha value is -1.44. The van der Waals surface area contributed by atoms with Gasteiger partial charge in [-0.25, -0.2) is 8.42 Å². The molecule has 0 radical (unpaired) electrons. The Morgan fingerprint density at radius 3 is 2.54 bits per heavy atom. The molecule has 1 fully saturated rings. The van der Waals surface area contributed by atoms with Gasteiger partial charge in [0.05, 0.1) is 18.9 Å². The molecule has 0 amide bonds. The standard InChI is InChI=1S/C17H27N3O3S/c18-17(19)13-20(16-9-4-5-10-16)24(21,22)12-6-11-23-14-15-7-2-1-3-8-15/h1-3,7-8,16H,4-6,9-14H2,(H3,18,19). The molecule has 2 rings (SSSR count). The molecule has 1 aliphatic rings. The number of nitrogens with one attached hydrogen (secondary N) is 1. The van der Waals surface area contributed by atoms with Crippen molar-refractivity contribution in [2.45, 2.75) is 44.8 Å². The zero-order chi connectivity index (χ0) is 17.4. The number of rotatable bonds is 10. The molecule has 0 bridgehead atoms. The quantitative estimate of drug-likeness (QED) is 0.382. The molecule has 0 aromatic heterocycles. The molecule has 0 atom stereocenters. The van der Waals surface area contributed by atoms with E-state index in [1.165, 1.54) is 4.31 Å². The Labute approximate surface area is 144 Å². The summed E-state index contributed by atoms with van der Waals surface area (Å²) in [7, 11) is -3.41. The summed E-state index contributed by atoms with van der Waals surface area (Å²) in [5.74, 6) is -0.0724. The lowest BCUT2D eigenvalue weighted by Crippen LogP contribution is -2.45. The summed E-state index contributed by atoms with van der Waals surface area (Å²) in [6, 6.07) is 9.79. The van der Waals surface area contributed by atoms with E-state index < -0.39 is 10.0 Å². The van der Waals surface area contributed by atoms with Gasteiger partial charge in [-0.3, -0.25) is 5.41 Å². The number of sulfonamides is 1. The number of hydrogen-bond donors (Lipinski definition) is 2. The molecule has 1 saturated carbocycles. The van der Waals surface area contributed by atoms with E-state index in [0.29, 0.717) is 19.6 Å². The summed E-state index contributed by atoms with van der Waals surface area (Å²) >= 11 is 0. The maximum absolute atomic E-state index is 12.6. The topological polar surface area (TPSA) is 96.5 Å². The van der Waals surface area contributed by atoms with Crippen molar-refractivity contribution in [2.75, 3.05) is 18.9 Å². The second-order valence-corrected chi connectivity index (χ2v) is 8.26. The molecule has 1 aliphatic carbocycles. The highest BCUT2D eigenvalue weighted by Crippen LogP contribution is 2.25. The van der Waals surface area contributed by atoms with E-state index in [1.54, 1.807) is 0 Å². The van der Waals surface area contributed by atoms with E-state index in [0.717, 1.165) is 31.2 Å². The number of benzene rings is 1. The number of nitrogens with zero attached hydrogens (tertiary/aromatic N) is 1. The molecule has 134 valence electrons. The molecule has 1 aromatic carbocycles. The molecule has 7 heteroatoms. The highest BCUT2D eigenvalue weighted by atomic mass is 32.2. The Balaban J connectivity index is 1.80. The highest BCUT2D eigenvalue weighted by molar-refractivity contribution is 7.89. The zero-order valence-corrected chi connectivity index (χ0v) is 14.8. The van der Waals surface area contributed by atoms with Crippen molar-refractivity contribution in [1.29, 1.82) is 5.41 Å². The summed E-state index contributed by atoms with van der Waals surface area (Å²) in [6.45, 7) is 0.880. The molecule has 0 spiro atoms. The second kappa shape index (κ2) is 9.15. The van der Waals surface area contributed by atoms with E-state index in [-0.39, 0.29) is 24.2 Å². The van der Waals surface area contributed by atoms with E-state index in [1.807, 2.05) is 30.3 Å². The molecule has 0 unspecified atom stereocenters. The number of hydrogen-bond acceptors (Lipinski definition) is 4. The molecule has 1 aromatic rings. The van der Waals surface area contributed by atoms with Gasteiger partial charge in [0.25, 0.3) is 0 Å². The lowest BCUT2D eigenvalue weighted by Gasteiger charge is -2.27. The number of ether oxygens (including phenoxy) is 1. The summed E-state index contributed by atoms with van der Waals surface area (Å²) in [6.07, 6.45) is 4.23. The van der Waals surface area contributed by atoms with Gasteiger partial charge in [0.15, 0.2) is 0 Å². The summed E-state index contributed by atoms with van der Waals surface area (Å²) in [5, 5.41) is 7.45. The lowest BCUT2D eigenvalue weighted by atomic mass is 10.2. The fourth-order valence-corrected chi connectivity index (χ4v) is 4.76. The van der Waals surface area contributed by atoms with Crippen LogP contribution in [0.15, 0.2) is 30.3 Å². The molecule has 24 heavy (non-hydrogen) atoms. The fraction of sp³-hybridized carbons (Fsp3) is 0.588. The maximum atomic E-state index is 12.6. The van der Waals surface area contributed by atoms with Crippen molar-refractivity contribution in [1.82, 2.24) is 4.31 Å². The minimum Gasteiger partial charge on any atom is -0.387 e. The van der Waals surface area contributed by atoms with E-state index >= 15 is 0 Å². The maximum Gasteiger partial charge on any atom is 0.214 e. The van der Waals surface area contributed by atoms with Gasteiger partial charge in [-0.15, -0.1) is 0 Å².